The minimum Gasteiger partial charge on any atom is -0.497 e. The number of aromatic nitrogens is 2. The van der Waals surface area contributed by atoms with Gasteiger partial charge in [-0.05, 0) is 34.7 Å². The lowest BCUT2D eigenvalue weighted by Gasteiger charge is -2.07. The van der Waals surface area contributed by atoms with E-state index in [4.69, 9.17) is 15.2 Å². The van der Waals surface area contributed by atoms with E-state index in [1.165, 1.54) is 19.2 Å². The summed E-state index contributed by atoms with van der Waals surface area (Å²) in [6, 6.07) is 4.84. The normalized spacial score (nSPS) is 10.0. The first-order chi connectivity index (χ1) is 9.08. The van der Waals surface area contributed by atoms with Crippen LogP contribution >= 0.6 is 22.6 Å². The second kappa shape index (κ2) is 5.83. The van der Waals surface area contributed by atoms with Crippen molar-refractivity contribution >= 4 is 28.5 Å². The summed E-state index contributed by atoms with van der Waals surface area (Å²) in [7, 11) is 1.49. The molecule has 0 saturated carbocycles. The van der Waals surface area contributed by atoms with Gasteiger partial charge >= 0.3 is 6.01 Å². The van der Waals surface area contributed by atoms with E-state index in [0.717, 1.165) is 3.57 Å². The molecule has 0 aliphatic carbocycles. The summed E-state index contributed by atoms with van der Waals surface area (Å²) in [4.78, 5) is 19.2. The lowest BCUT2D eigenvalue weighted by atomic mass is 10.2. The first kappa shape index (κ1) is 13.5. The first-order valence-electron chi connectivity index (χ1n) is 5.23. The van der Waals surface area contributed by atoms with Gasteiger partial charge in [0.15, 0.2) is 0 Å². The highest BCUT2D eigenvalue weighted by Gasteiger charge is 2.08. The Morgan fingerprint density at radius 3 is 2.42 bits per heavy atom. The molecule has 0 unspecified atom stereocenters. The summed E-state index contributed by atoms with van der Waals surface area (Å²) in [5.41, 5.74) is 5.53. The van der Waals surface area contributed by atoms with Crippen LogP contribution in [0.2, 0.25) is 0 Å². The maximum Gasteiger partial charge on any atom is 0.321 e. The standard InChI is InChI=1S/C12H10IN3O3/c1-18-9-2-7(11(14)17)3-10(4-9)19-12-15-5-8(13)6-16-12/h2-6H,1H3,(H2,14,17). The van der Waals surface area contributed by atoms with E-state index in [9.17, 15) is 4.79 Å². The van der Waals surface area contributed by atoms with E-state index in [0.29, 0.717) is 17.1 Å². The summed E-state index contributed by atoms with van der Waals surface area (Å²) in [5.74, 6) is 0.290. The van der Waals surface area contributed by atoms with Crippen LogP contribution in [0, 0.1) is 3.57 Å². The molecule has 0 aliphatic rings. The number of nitrogens with two attached hydrogens (primary N) is 1. The Morgan fingerprint density at radius 2 is 1.84 bits per heavy atom. The molecule has 98 valence electrons. The zero-order valence-corrected chi connectivity index (χ0v) is 12.1. The molecule has 7 heteroatoms. The van der Waals surface area contributed by atoms with Gasteiger partial charge < -0.3 is 15.2 Å². The van der Waals surface area contributed by atoms with Crippen molar-refractivity contribution in [2.75, 3.05) is 7.11 Å². The van der Waals surface area contributed by atoms with Crippen molar-refractivity contribution in [1.82, 2.24) is 9.97 Å². The average Bonchev–Trinajstić information content (AvgIpc) is 2.41. The predicted octanol–water partition coefficient (Wildman–Crippen LogP) is 1.98. The number of halogens is 1. The maximum atomic E-state index is 11.2. The molecule has 2 rings (SSSR count). The van der Waals surface area contributed by atoms with Crippen LogP contribution in [0.25, 0.3) is 0 Å². The number of rotatable bonds is 4. The van der Waals surface area contributed by atoms with Crippen molar-refractivity contribution in [1.29, 1.82) is 0 Å². The number of primary amides is 1. The van der Waals surface area contributed by atoms with E-state index in [-0.39, 0.29) is 6.01 Å². The van der Waals surface area contributed by atoms with Gasteiger partial charge in [-0.2, -0.15) is 0 Å². The second-order valence-corrected chi connectivity index (χ2v) is 4.79. The van der Waals surface area contributed by atoms with Gasteiger partial charge in [0.1, 0.15) is 11.5 Å². The lowest BCUT2D eigenvalue weighted by molar-refractivity contribution is 0.0999. The summed E-state index contributed by atoms with van der Waals surface area (Å²) in [6.07, 6.45) is 3.25. The largest absolute Gasteiger partial charge is 0.497 e. The molecule has 0 radical (unpaired) electrons. The molecule has 0 bridgehead atoms. The van der Waals surface area contributed by atoms with Gasteiger partial charge in [0.05, 0.1) is 7.11 Å². The molecule has 1 aromatic carbocycles. The Labute approximate surface area is 123 Å². The number of amides is 1. The Kier molecular flexibility index (Phi) is 4.15. The Hall–Kier alpha value is -1.90. The van der Waals surface area contributed by atoms with Gasteiger partial charge in [-0.3, -0.25) is 4.79 Å². The number of carbonyl (C=O) groups is 1. The minimum absolute atomic E-state index is 0.184. The van der Waals surface area contributed by atoms with Crippen LogP contribution in [0.15, 0.2) is 30.6 Å². The summed E-state index contributed by atoms with van der Waals surface area (Å²) in [6.45, 7) is 0. The molecule has 6 nitrogen and oxygen atoms in total. The first-order valence-corrected chi connectivity index (χ1v) is 6.30. The molecule has 1 amide bonds. The average molecular weight is 371 g/mol. The van der Waals surface area contributed by atoms with Gasteiger partial charge in [-0.15, -0.1) is 0 Å². The smallest absolute Gasteiger partial charge is 0.321 e. The number of carbonyl (C=O) groups excluding carboxylic acids is 1. The van der Waals surface area contributed by atoms with Crippen LogP contribution in [0.1, 0.15) is 10.4 Å². The van der Waals surface area contributed by atoms with Crippen molar-refractivity contribution in [3.63, 3.8) is 0 Å². The molecule has 2 N–H and O–H groups in total. The van der Waals surface area contributed by atoms with E-state index < -0.39 is 5.91 Å². The molecule has 1 heterocycles. The van der Waals surface area contributed by atoms with Crippen molar-refractivity contribution in [3.8, 4) is 17.5 Å². The molecule has 2 aromatic rings. The van der Waals surface area contributed by atoms with Crippen molar-refractivity contribution in [2.24, 2.45) is 5.73 Å². The Bertz CT molecular complexity index is 602. The van der Waals surface area contributed by atoms with Gasteiger partial charge in [0.2, 0.25) is 5.91 Å². The molecule has 0 saturated heterocycles. The number of nitrogens with zero attached hydrogens (tertiary/aromatic N) is 2. The van der Waals surface area contributed by atoms with E-state index in [1.54, 1.807) is 18.5 Å². The van der Waals surface area contributed by atoms with Crippen molar-refractivity contribution in [2.45, 2.75) is 0 Å². The van der Waals surface area contributed by atoms with Crippen LogP contribution in [0.3, 0.4) is 0 Å². The fraction of sp³-hybridized carbons (Fsp3) is 0.0833. The van der Waals surface area contributed by atoms with Gasteiger partial charge in [-0.1, -0.05) is 0 Å². The zero-order chi connectivity index (χ0) is 13.8. The third-order valence-corrected chi connectivity index (χ3v) is 2.76. The van der Waals surface area contributed by atoms with Crippen molar-refractivity contribution in [3.05, 3.63) is 39.7 Å². The quantitative estimate of drug-likeness (QED) is 0.831. The zero-order valence-electron chi connectivity index (χ0n) is 9.96. The van der Waals surface area contributed by atoms with E-state index in [1.807, 2.05) is 0 Å². The topological polar surface area (TPSA) is 87.3 Å². The second-order valence-electron chi connectivity index (χ2n) is 3.55. The van der Waals surface area contributed by atoms with Gasteiger partial charge in [0.25, 0.3) is 0 Å². The number of ether oxygens (including phenoxy) is 2. The highest BCUT2D eigenvalue weighted by atomic mass is 127. The molecule has 0 fully saturated rings. The molecule has 1 aromatic heterocycles. The molecule has 0 spiro atoms. The third kappa shape index (κ3) is 3.53. The molecular weight excluding hydrogens is 361 g/mol. The van der Waals surface area contributed by atoms with Crippen LogP contribution < -0.4 is 15.2 Å². The van der Waals surface area contributed by atoms with Crippen LogP contribution in [0.5, 0.6) is 17.5 Å². The highest BCUT2D eigenvalue weighted by molar-refractivity contribution is 14.1. The summed E-state index contributed by atoms with van der Waals surface area (Å²) in [5, 5.41) is 0. The molecule has 0 atom stereocenters. The SMILES string of the molecule is COc1cc(Oc2ncc(I)cn2)cc(C(N)=O)c1. The summed E-state index contributed by atoms with van der Waals surface area (Å²) < 4.78 is 11.4. The number of benzene rings is 1. The van der Waals surface area contributed by atoms with Gasteiger partial charge in [0, 0.05) is 27.6 Å². The van der Waals surface area contributed by atoms with Crippen molar-refractivity contribution < 1.29 is 14.3 Å². The molecule has 0 aliphatic heterocycles. The number of hydrogen-bond acceptors (Lipinski definition) is 5. The fourth-order valence-corrected chi connectivity index (χ4v) is 1.63. The molecule has 19 heavy (non-hydrogen) atoms. The Morgan fingerprint density at radius 1 is 1.21 bits per heavy atom. The maximum absolute atomic E-state index is 11.2. The van der Waals surface area contributed by atoms with E-state index >= 15 is 0 Å². The number of methoxy groups -OCH3 is 1. The Balaban J connectivity index is 2.31. The number of hydrogen-bond donors (Lipinski definition) is 1. The monoisotopic (exact) mass is 371 g/mol. The van der Waals surface area contributed by atoms with Gasteiger partial charge in [-0.25, -0.2) is 9.97 Å². The van der Waals surface area contributed by atoms with Crippen LogP contribution in [-0.4, -0.2) is 23.0 Å². The highest BCUT2D eigenvalue weighted by Crippen LogP contribution is 2.25. The molecular formula is C12H10IN3O3. The summed E-state index contributed by atoms with van der Waals surface area (Å²) >= 11 is 2.09. The van der Waals surface area contributed by atoms with E-state index in [2.05, 4.69) is 32.6 Å². The third-order valence-electron chi connectivity index (χ3n) is 2.21. The van der Waals surface area contributed by atoms with Crippen LogP contribution in [-0.2, 0) is 0 Å². The van der Waals surface area contributed by atoms with Crippen LogP contribution in [0.4, 0.5) is 0 Å². The predicted molar refractivity (Wildman–Crippen MR) is 76.3 cm³/mol. The minimum atomic E-state index is -0.563. The fourth-order valence-electron chi connectivity index (χ4n) is 1.35. The lowest BCUT2D eigenvalue weighted by Crippen LogP contribution is -2.11.